The van der Waals surface area contributed by atoms with Gasteiger partial charge in [0.05, 0.1) is 5.75 Å². The molecule has 9 heteroatoms. The van der Waals surface area contributed by atoms with Crippen molar-refractivity contribution in [1.82, 2.24) is 14.5 Å². The van der Waals surface area contributed by atoms with Gasteiger partial charge in [-0.1, -0.05) is 30.3 Å². The fraction of sp³-hybridized carbons (Fsp3) is 0.133. The number of aromatic nitrogens is 3. The second-order valence-electron chi connectivity index (χ2n) is 5.22. The summed E-state index contributed by atoms with van der Waals surface area (Å²) in [6, 6.07) is 9.07. The SMILES string of the molecule is O=C(Nc1nccs1)c1c(-c2ccccc2)nc2n1CCS2(=O)=O. The minimum Gasteiger partial charge on any atom is -0.309 e. The summed E-state index contributed by atoms with van der Waals surface area (Å²) in [6.07, 6.45) is 1.59. The zero-order valence-corrected chi connectivity index (χ0v) is 14.0. The third kappa shape index (κ3) is 2.42. The molecule has 1 aliphatic rings. The van der Waals surface area contributed by atoms with Crippen LogP contribution < -0.4 is 5.32 Å². The predicted molar refractivity (Wildman–Crippen MR) is 89.8 cm³/mol. The number of amides is 1. The molecular weight excluding hydrogens is 348 g/mol. The second-order valence-corrected chi connectivity index (χ2v) is 8.12. The zero-order chi connectivity index (χ0) is 16.7. The number of rotatable bonds is 3. The predicted octanol–water partition coefficient (Wildman–Crippen LogP) is 2.05. The van der Waals surface area contributed by atoms with Crippen LogP contribution in [-0.4, -0.2) is 34.6 Å². The number of sulfone groups is 1. The number of thiazole rings is 1. The van der Waals surface area contributed by atoms with Crippen LogP contribution in [-0.2, 0) is 16.4 Å². The molecule has 0 saturated carbocycles. The lowest BCUT2D eigenvalue weighted by molar-refractivity contribution is 0.101. The fourth-order valence-electron chi connectivity index (χ4n) is 2.65. The van der Waals surface area contributed by atoms with E-state index < -0.39 is 15.7 Å². The summed E-state index contributed by atoms with van der Waals surface area (Å²) >= 11 is 1.29. The Kier molecular flexibility index (Phi) is 3.47. The number of fused-ring (bicyclic) bond motifs is 1. The second kappa shape index (κ2) is 5.53. The van der Waals surface area contributed by atoms with Crippen molar-refractivity contribution in [3.8, 4) is 11.3 Å². The van der Waals surface area contributed by atoms with Crippen molar-refractivity contribution in [3.05, 3.63) is 47.6 Å². The summed E-state index contributed by atoms with van der Waals surface area (Å²) in [7, 11) is -3.45. The highest BCUT2D eigenvalue weighted by atomic mass is 32.2. The van der Waals surface area contributed by atoms with E-state index in [1.807, 2.05) is 18.2 Å². The van der Waals surface area contributed by atoms with Gasteiger partial charge in [-0.15, -0.1) is 11.3 Å². The van der Waals surface area contributed by atoms with E-state index in [1.54, 1.807) is 23.7 Å². The number of hydrogen-bond acceptors (Lipinski definition) is 6. The third-order valence-electron chi connectivity index (χ3n) is 3.71. The van der Waals surface area contributed by atoms with Crippen LogP contribution >= 0.6 is 11.3 Å². The largest absolute Gasteiger partial charge is 0.309 e. The molecule has 7 nitrogen and oxygen atoms in total. The van der Waals surface area contributed by atoms with Gasteiger partial charge in [-0.25, -0.2) is 18.4 Å². The van der Waals surface area contributed by atoms with Crippen LogP contribution in [0.15, 0.2) is 47.1 Å². The maximum absolute atomic E-state index is 12.7. The van der Waals surface area contributed by atoms with Crippen molar-refractivity contribution >= 4 is 32.2 Å². The highest BCUT2D eigenvalue weighted by Crippen LogP contribution is 2.30. The van der Waals surface area contributed by atoms with Gasteiger partial charge in [0.1, 0.15) is 11.4 Å². The van der Waals surface area contributed by atoms with E-state index >= 15 is 0 Å². The Bertz CT molecular complexity index is 1010. The highest BCUT2D eigenvalue weighted by Gasteiger charge is 2.35. The van der Waals surface area contributed by atoms with E-state index in [0.717, 1.165) is 0 Å². The van der Waals surface area contributed by atoms with Gasteiger partial charge in [-0.3, -0.25) is 10.1 Å². The Morgan fingerprint density at radius 3 is 2.75 bits per heavy atom. The van der Waals surface area contributed by atoms with Gasteiger partial charge in [0.25, 0.3) is 5.91 Å². The molecular formula is C15H12N4O3S2. The first kappa shape index (κ1) is 15.0. The standard InChI is InChI=1S/C15H12N4O3S2/c20-13(18-14-16-6-8-23-14)12-11(10-4-2-1-3-5-10)17-15-19(12)7-9-24(15,21)22/h1-6,8H,7,9H2,(H,16,18,20). The summed E-state index contributed by atoms with van der Waals surface area (Å²) in [6.45, 7) is 0.220. The molecule has 1 aromatic carbocycles. The molecule has 3 aromatic rings. The Hall–Kier alpha value is -2.52. The van der Waals surface area contributed by atoms with Crippen LogP contribution in [0.4, 0.5) is 5.13 Å². The van der Waals surface area contributed by atoms with E-state index in [-0.39, 0.29) is 23.1 Å². The van der Waals surface area contributed by atoms with Crippen LogP contribution in [0.25, 0.3) is 11.3 Å². The highest BCUT2D eigenvalue weighted by molar-refractivity contribution is 7.91. The van der Waals surface area contributed by atoms with Gasteiger partial charge in [-0.2, -0.15) is 0 Å². The van der Waals surface area contributed by atoms with Gasteiger partial charge < -0.3 is 4.57 Å². The van der Waals surface area contributed by atoms with Crippen molar-refractivity contribution in [2.75, 3.05) is 11.1 Å². The molecule has 1 aliphatic heterocycles. The van der Waals surface area contributed by atoms with Gasteiger partial charge in [0.2, 0.25) is 15.0 Å². The number of hydrogen-bond donors (Lipinski definition) is 1. The topological polar surface area (TPSA) is 93.9 Å². The first-order valence-electron chi connectivity index (χ1n) is 7.16. The number of nitrogens with zero attached hydrogens (tertiary/aromatic N) is 3. The summed E-state index contributed by atoms with van der Waals surface area (Å²) in [4.78, 5) is 21.0. The number of benzene rings is 1. The molecule has 24 heavy (non-hydrogen) atoms. The van der Waals surface area contributed by atoms with Gasteiger partial charge in [0.15, 0.2) is 5.13 Å². The van der Waals surface area contributed by atoms with Crippen LogP contribution in [0.2, 0.25) is 0 Å². The molecule has 0 fully saturated rings. The number of anilines is 1. The average molecular weight is 360 g/mol. The Morgan fingerprint density at radius 1 is 1.25 bits per heavy atom. The first-order valence-corrected chi connectivity index (χ1v) is 9.69. The van der Waals surface area contributed by atoms with Crippen molar-refractivity contribution < 1.29 is 13.2 Å². The van der Waals surface area contributed by atoms with E-state index in [9.17, 15) is 13.2 Å². The smallest absolute Gasteiger partial charge is 0.276 e. The van der Waals surface area contributed by atoms with Gasteiger partial charge in [0, 0.05) is 23.7 Å². The van der Waals surface area contributed by atoms with Crippen LogP contribution in [0, 0.1) is 0 Å². The lowest BCUT2D eigenvalue weighted by atomic mass is 10.1. The van der Waals surface area contributed by atoms with Crippen molar-refractivity contribution in [1.29, 1.82) is 0 Å². The molecule has 2 aromatic heterocycles. The third-order valence-corrected chi connectivity index (χ3v) is 5.99. The van der Waals surface area contributed by atoms with Crippen molar-refractivity contribution in [3.63, 3.8) is 0 Å². The molecule has 4 rings (SSSR count). The molecule has 122 valence electrons. The molecule has 0 atom stereocenters. The number of carbonyl (C=O) groups excluding carboxylic acids is 1. The minimum atomic E-state index is -3.45. The molecule has 0 saturated heterocycles. The molecule has 0 radical (unpaired) electrons. The normalized spacial score (nSPS) is 15.2. The van der Waals surface area contributed by atoms with Crippen molar-refractivity contribution in [2.24, 2.45) is 0 Å². The summed E-state index contributed by atoms with van der Waals surface area (Å²) in [5.74, 6) is -0.457. The van der Waals surface area contributed by atoms with E-state index in [2.05, 4.69) is 15.3 Å². The van der Waals surface area contributed by atoms with E-state index in [0.29, 0.717) is 16.4 Å². The maximum Gasteiger partial charge on any atom is 0.276 e. The molecule has 0 aliphatic carbocycles. The summed E-state index contributed by atoms with van der Waals surface area (Å²) in [5.41, 5.74) is 1.30. The molecule has 3 heterocycles. The lowest BCUT2D eigenvalue weighted by Crippen LogP contribution is -2.17. The summed E-state index contributed by atoms with van der Waals surface area (Å²) in [5, 5.41) is 4.86. The van der Waals surface area contributed by atoms with Crippen LogP contribution in [0.1, 0.15) is 10.5 Å². The fourth-order valence-corrected chi connectivity index (χ4v) is 4.53. The average Bonchev–Trinajstić information content (AvgIpc) is 3.26. The summed E-state index contributed by atoms with van der Waals surface area (Å²) < 4.78 is 25.8. The number of nitrogens with one attached hydrogen (secondary N) is 1. The quantitative estimate of drug-likeness (QED) is 0.771. The Labute approximate surface area is 141 Å². The van der Waals surface area contributed by atoms with Crippen LogP contribution in [0.3, 0.4) is 0 Å². The molecule has 0 unspecified atom stereocenters. The van der Waals surface area contributed by atoms with Crippen molar-refractivity contribution in [2.45, 2.75) is 11.7 Å². The lowest BCUT2D eigenvalue weighted by Gasteiger charge is -2.07. The van der Waals surface area contributed by atoms with E-state index in [4.69, 9.17) is 0 Å². The van der Waals surface area contributed by atoms with E-state index in [1.165, 1.54) is 15.9 Å². The maximum atomic E-state index is 12.7. The Balaban J connectivity index is 1.87. The molecule has 1 N–H and O–H groups in total. The van der Waals surface area contributed by atoms with Gasteiger partial charge in [-0.05, 0) is 0 Å². The number of carbonyl (C=O) groups is 1. The molecule has 0 bridgehead atoms. The molecule has 1 amide bonds. The number of imidazole rings is 1. The molecule has 0 spiro atoms. The zero-order valence-electron chi connectivity index (χ0n) is 12.3. The monoisotopic (exact) mass is 360 g/mol. The Morgan fingerprint density at radius 2 is 2.04 bits per heavy atom. The van der Waals surface area contributed by atoms with Gasteiger partial charge >= 0.3 is 0 Å². The van der Waals surface area contributed by atoms with Crippen LogP contribution in [0.5, 0.6) is 0 Å². The minimum absolute atomic E-state index is 0.0397. The first-order chi connectivity index (χ1) is 11.6.